The van der Waals surface area contributed by atoms with Crippen LogP contribution >= 0.6 is 0 Å². The van der Waals surface area contributed by atoms with Gasteiger partial charge in [-0.1, -0.05) is 0 Å². The third kappa shape index (κ3) is 9.59. The van der Waals surface area contributed by atoms with Gasteiger partial charge in [0.05, 0.1) is 45.2 Å². The lowest BCUT2D eigenvalue weighted by molar-refractivity contribution is -0.209. The van der Waals surface area contributed by atoms with Gasteiger partial charge in [0.15, 0.2) is 6.29 Å². The highest BCUT2D eigenvalue weighted by Gasteiger charge is 2.24. The molecule has 2 saturated heterocycles. The highest BCUT2D eigenvalue weighted by Crippen LogP contribution is 2.16. The van der Waals surface area contributed by atoms with Crippen molar-refractivity contribution < 1.29 is 28.4 Å². The molecule has 2 rings (SSSR count). The van der Waals surface area contributed by atoms with E-state index in [9.17, 15) is 0 Å². The largest absolute Gasteiger partial charge is 0.376 e. The molecule has 0 aromatic carbocycles. The average Bonchev–Trinajstić information content (AvgIpc) is 3.31. The minimum absolute atomic E-state index is 0.119. The van der Waals surface area contributed by atoms with Crippen LogP contribution in [0.15, 0.2) is 0 Å². The molecule has 3 unspecified atom stereocenters. The second kappa shape index (κ2) is 9.91. The minimum atomic E-state index is -0.136. The van der Waals surface area contributed by atoms with Crippen molar-refractivity contribution in [3.05, 3.63) is 0 Å². The second-order valence-electron chi connectivity index (χ2n) is 7.08. The summed E-state index contributed by atoms with van der Waals surface area (Å²) in [5.74, 6) is 0. The summed E-state index contributed by atoms with van der Waals surface area (Å²) in [6, 6.07) is 0. The van der Waals surface area contributed by atoms with Crippen LogP contribution in [0.5, 0.6) is 0 Å². The standard InChI is InChI=1S/C17H32O6/c1-17(2,3)22-9-8-18-11-15(12-19-10-14-13-21-14)23-16-6-4-5-7-20-16/h14-16H,4-13H2,1-3H3. The summed E-state index contributed by atoms with van der Waals surface area (Å²) < 4.78 is 33.8. The van der Waals surface area contributed by atoms with Gasteiger partial charge in [0, 0.05) is 6.61 Å². The number of rotatable bonds is 11. The predicted molar refractivity (Wildman–Crippen MR) is 85.5 cm³/mol. The zero-order valence-electron chi connectivity index (χ0n) is 14.8. The lowest BCUT2D eigenvalue weighted by atomic mass is 10.2. The van der Waals surface area contributed by atoms with E-state index in [0.29, 0.717) is 33.0 Å². The van der Waals surface area contributed by atoms with E-state index >= 15 is 0 Å². The zero-order valence-corrected chi connectivity index (χ0v) is 14.8. The molecule has 0 saturated carbocycles. The Morgan fingerprint density at radius 3 is 2.48 bits per heavy atom. The van der Waals surface area contributed by atoms with Crippen molar-refractivity contribution in [2.24, 2.45) is 0 Å². The van der Waals surface area contributed by atoms with Crippen LogP contribution in [0.2, 0.25) is 0 Å². The molecule has 0 aliphatic carbocycles. The molecule has 3 atom stereocenters. The Hall–Kier alpha value is -0.240. The van der Waals surface area contributed by atoms with Gasteiger partial charge >= 0.3 is 0 Å². The first-order chi connectivity index (χ1) is 11.0. The summed E-state index contributed by atoms with van der Waals surface area (Å²) in [7, 11) is 0. The van der Waals surface area contributed by atoms with E-state index in [0.717, 1.165) is 32.5 Å². The Kier molecular flexibility index (Phi) is 8.23. The van der Waals surface area contributed by atoms with E-state index in [4.69, 9.17) is 28.4 Å². The van der Waals surface area contributed by atoms with E-state index in [1.807, 2.05) is 20.8 Å². The maximum Gasteiger partial charge on any atom is 0.158 e. The molecule has 2 aliphatic rings. The van der Waals surface area contributed by atoms with E-state index in [2.05, 4.69) is 0 Å². The van der Waals surface area contributed by atoms with Crippen LogP contribution in [0.3, 0.4) is 0 Å². The first-order valence-electron chi connectivity index (χ1n) is 8.71. The van der Waals surface area contributed by atoms with Crippen molar-refractivity contribution >= 4 is 0 Å². The molecule has 0 amide bonds. The molecule has 0 radical (unpaired) electrons. The predicted octanol–water partition coefficient (Wildman–Crippen LogP) is 2.15. The van der Waals surface area contributed by atoms with Gasteiger partial charge in [0.25, 0.3) is 0 Å². The van der Waals surface area contributed by atoms with Crippen LogP contribution in [0.25, 0.3) is 0 Å². The first-order valence-corrected chi connectivity index (χ1v) is 8.71. The molecule has 0 aromatic rings. The molecule has 136 valence electrons. The SMILES string of the molecule is CC(C)(C)OCCOCC(COCC1CO1)OC1CCCCO1. The van der Waals surface area contributed by atoms with Gasteiger partial charge < -0.3 is 28.4 Å². The zero-order chi connectivity index (χ0) is 16.5. The van der Waals surface area contributed by atoms with Crippen LogP contribution in [0.4, 0.5) is 0 Å². The quantitative estimate of drug-likeness (QED) is 0.427. The molecule has 0 bridgehead atoms. The fraction of sp³-hybridized carbons (Fsp3) is 1.00. The Morgan fingerprint density at radius 2 is 1.83 bits per heavy atom. The highest BCUT2D eigenvalue weighted by molar-refractivity contribution is 4.68. The van der Waals surface area contributed by atoms with Crippen molar-refractivity contribution in [2.75, 3.05) is 46.2 Å². The topological polar surface area (TPSA) is 58.7 Å². The Balaban J connectivity index is 1.61. The molecule has 2 heterocycles. The van der Waals surface area contributed by atoms with E-state index in [1.54, 1.807) is 0 Å². The summed E-state index contributed by atoms with van der Waals surface area (Å²) in [4.78, 5) is 0. The van der Waals surface area contributed by atoms with Crippen LogP contribution in [-0.2, 0) is 28.4 Å². The van der Waals surface area contributed by atoms with Gasteiger partial charge in [0.1, 0.15) is 12.2 Å². The first kappa shape index (κ1) is 19.1. The monoisotopic (exact) mass is 332 g/mol. The molecule has 23 heavy (non-hydrogen) atoms. The average molecular weight is 332 g/mol. The van der Waals surface area contributed by atoms with Gasteiger partial charge in [-0.15, -0.1) is 0 Å². The van der Waals surface area contributed by atoms with Crippen molar-refractivity contribution in [1.29, 1.82) is 0 Å². The molecular weight excluding hydrogens is 300 g/mol. The van der Waals surface area contributed by atoms with Gasteiger partial charge in [-0.05, 0) is 40.0 Å². The summed E-state index contributed by atoms with van der Waals surface area (Å²) in [5.41, 5.74) is -0.136. The van der Waals surface area contributed by atoms with Crippen molar-refractivity contribution in [3.8, 4) is 0 Å². The minimum Gasteiger partial charge on any atom is -0.376 e. The third-order valence-electron chi connectivity index (χ3n) is 3.56. The molecule has 0 spiro atoms. The summed E-state index contributed by atoms with van der Waals surface area (Å²) >= 11 is 0. The molecule has 0 aromatic heterocycles. The van der Waals surface area contributed by atoms with Crippen molar-refractivity contribution in [3.63, 3.8) is 0 Å². The summed E-state index contributed by atoms with van der Waals surface area (Å²) in [6.07, 6.45) is 3.21. The van der Waals surface area contributed by atoms with Gasteiger partial charge in [-0.2, -0.15) is 0 Å². The van der Waals surface area contributed by atoms with Crippen LogP contribution in [0.1, 0.15) is 40.0 Å². The van der Waals surface area contributed by atoms with E-state index < -0.39 is 0 Å². The lowest BCUT2D eigenvalue weighted by Crippen LogP contribution is -2.34. The van der Waals surface area contributed by atoms with Crippen molar-refractivity contribution in [2.45, 2.75) is 64.1 Å². The Bertz CT molecular complexity index is 307. The highest BCUT2D eigenvalue weighted by atomic mass is 16.7. The van der Waals surface area contributed by atoms with E-state index in [1.165, 1.54) is 0 Å². The Morgan fingerprint density at radius 1 is 1.04 bits per heavy atom. The Labute approximate surface area is 139 Å². The van der Waals surface area contributed by atoms with Gasteiger partial charge in [0.2, 0.25) is 0 Å². The van der Waals surface area contributed by atoms with Gasteiger partial charge in [-0.3, -0.25) is 0 Å². The second-order valence-corrected chi connectivity index (χ2v) is 7.08. The molecule has 6 nitrogen and oxygen atoms in total. The molecular formula is C17H32O6. The maximum absolute atomic E-state index is 5.99. The summed E-state index contributed by atoms with van der Waals surface area (Å²) in [5, 5.41) is 0. The molecule has 0 N–H and O–H groups in total. The number of hydrogen-bond donors (Lipinski definition) is 0. The van der Waals surface area contributed by atoms with E-state index in [-0.39, 0.29) is 24.1 Å². The number of hydrogen-bond acceptors (Lipinski definition) is 6. The molecule has 6 heteroatoms. The van der Waals surface area contributed by atoms with Crippen molar-refractivity contribution in [1.82, 2.24) is 0 Å². The lowest BCUT2D eigenvalue weighted by Gasteiger charge is -2.27. The number of ether oxygens (including phenoxy) is 6. The smallest absolute Gasteiger partial charge is 0.158 e. The van der Waals surface area contributed by atoms with Gasteiger partial charge in [-0.25, -0.2) is 0 Å². The normalized spacial score (nSPS) is 26.2. The van der Waals surface area contributed by atoms with Crippen LogP contribution < -0.4 is 0 Å². The third-order valence-corrected chi connectivity index (χ3v) is 3.56. The van der Waals surface area contributed by atoms with Crippen LogP contribution in [-0.4, -0.2) is 70.3 Å². The van der Waals surface area contributed by atoms with Crippen LogP contribution in [0, 0.1) is 0 Å². The fourth-order valence-corrected chi connectivity index (χ4v) is 2.28. The number of epoxide rings is 1. The maximum atomic E-state index is 5.99. The summed E-state index contributed by atoms with van der Waals surface area (Å²) in [6.45, 7) is 10.4. The molecule has 2 fully saturated rings. The molecule has 2 aliphatic heterocycles. The fourth-order valence-electron chi connectivity index (χ4n) is 2.28.